The number of rotatable bonds is 14. The van der Waals surface area contributed by atoms with Gasteiger partial charge < -0.3 is 4.90 Å². The standard InChI is InChI=1S/C28H41N/c1-8-12-14-17-21-27(24-23-26(6)19-13-9-2)28(29(7)11-4)22-18-15-16-20-25(5)10-3/h8-10,13-17,20-24,26H,1,3,11-12,18-19H2,2,4-7H3/b13-9-,16-15+,17-14+,24-23-,25-20-,27-21+,28-22-. The van der Waals surface area contributed by atoms with Gasteiger partial charge in [0.15, 0.2) is 0 Å². The van der Waals surface area contributed by atoms with Gasteiger partial charge in [-0.25, -0.2) is 0 Å². The fourth-order valence-corrected chi connectivity index (χ4v) is 2.48. The second-order valence-corrected chi connectivity index (χ2v) is 7.10. The van der Waals surface area contributed by atoms with Crippen molar-refractivity contribution in [3.8, 4) is 0 Å². The Bertz CT molecular complexity index is 677. The van der Waals surface area contributed by atoms with Crippen molar-refractivity contribution in [1.29, 1.82) is 0 Å². The third kappa shape index (κ3) is 13.3. The highest BCUT2D eigenvalue weighted by atomic mass is 15.1. The van der Waals surface area contributed by atoms with Crippen molar-refractivity contribution in [1.82, 2.24) is 4.90 Å². The zero-order valence-electron chi connectivity index (χ0n) is 19.3. The lowest BCUT2D eigenvalue weighted by Crippen LogP contribution is -2.18. The predicted octanol–water partition coefficient (Wildman–Crippen LogP) is 8.12. The summed E-state index contributed by atoms with van der Waals surface area (Å²) in [6, 6.07) is 0. The predicted molar refractivity (Wildman–Crippen MR) is 134 cm³/mol. The molecular weight excluding hydrogens is 350 g/mol. The van der Waals surface area contributed by atoms with E-state index in [0.717, 1.165) is 25.8 Å². The molecule has 0 aliphatic carbocycles. The molecule has 0 spiro atoms. The van der Waals surface area contributed by atoms with Gasteiger partial charge in [0.1, 0.15) is 0 Å². The maximum atomic E-state index is 3.79. The van der Waals surface area contributed by atoms with Gasteiger partial charge in [0.2, 0.25) is 0 Å². The zero-order valence-corrected chi connectivity index (χ0v) is 19.3. The lowest BCUT2D eigenvalue weighted by Gasteiger charge is -2.22. The molecule has 29 heavy (non-hydrogen) atoms. The van der Waals surface area contributed by atoms with Crippen LogP contribution in [0.25, 0.3) is 0 Å². The van der Waals surface area contributed by atoms with Gasteiger partial charge in [-0.1, -0.05) is 98.1 Å². The first-order valence-electron chi connectivity index (χ1n) is 10.6. The molecule has 0 N–H and O–H groups in total. The summed E-state index contributed by atoms with van der Waals surface area (Å²) in [6.07, 6.45) is 30.6. The molecule has 0 aliphatic rings. The first-order valence-corrected chi connectivity index (χ1v) is 10.6. The molecule has 0 amide bonds. The topological polar surface area (TPSA) is 3.24 Å². The molecule has 0 aromatic carbocycles. The van der Waals surface area contributed by atoms with Crippen LogP contribution in [0.1, 0.15) is 47.0 Å². The number of nitrogens with zero attached hydrogens (tertiary/aromatic N) is 1. The van der Waals surface area contributed by atoms with Crippen molar-refractivity contribution in [3.05, 3.63) is 109 Å². The van der Waals surface area contributed by atoms with Crippen molar-refractivity contribution < 1.29 is 0 Å². The van der Waals surface area contributed by atoms with Gasteiger partial charge in [0.25, 0.3) is 0 Å². The van der Waals surface area contributed by atoms with Crippen LogP contribution in [0.5, 0.6) is 0 Å². The minimum atomic E-state index is 0.506. The second-order valence-electron chi connectivity index (χ2n) is 7.10. The van der Waals surface area contributed by atoms with E-state index in [4.69, 9.17) is 0 Å². The average Bonchev–Trinajstić information content (AvgIpc) is 2.73. The van der Waals surface area contributed by atoms with E-state index in [1.807, 2.05) is 12.2 Å². The fourth-order valence-electron chi connectivity index (χ4n) is 2.48. The maximum Gasteiger partial charge on any atom is 0.0399 e. The van der Waals surface area contributed by atoms with Gasteiger partial charge in [-0.05, 0) is 51.5 Å². The third-order valence-electron chi connectivity index (χ3n) is 4.51. The van der Waals surface area contributed by atoms with E-state index in [1.54, 1.807) is 0 Å². The van der Waals surface area contributed by atoms with Crippen LogP contribution in [-0.4, -0.2) is 18.5 Å². The molecule has 0 radical (unpaired) electrons. The van der Waals surface area contributed by atoms with E-state index in [-0.39, 0.29) is 0 Å². The molecule has 0 saturated carbocycles. The number of likely N-dealkylation sites (N-methyl/N-ethyl adjacent to an activating group) is 1. The summed E-state index contributed by atoms with van der Waals surface area (Å²) in [5.41, 5.74) is 3.65. The van der Waals surface area contributed by atoms with Gasteiger partial charge in [0.05, 0.1) is 0 Å². The average molecular weight is 392 g/mol. The Labute approximate surface area is 180 Å². The third-order valence-corrected chi connectivity index (χ3v) is 4.51. The Morgan fingerprint density at radius 3 is 2.34 bits per heavy atom. The summed E-state index contributed by atoms with van der Waals surface area (Å²) in [7, 11) is 2.15. The zero-order chi connectivity index (χ0) is 21.9. The van der Waals surface area contributed by atoms with E-state index in [2.05, 4.69) is 120 Å². The van der Waals surface area contributed by atoms with Crippen LogP contribution in [0.15, 0.2) is 109 Å². The summed E-state index contributed by atoms with van der Waals surface area (Å²) in [5.74, 6) is 0.506. The highest BCUT2D eigenvalue weighted by Gasteiger charge is 2.06. The Hall–Kier alpha value is -2.54. The van der Waals surface area contributed by atoms with Crippen molar-refractivity contribution >= 4 is 0 Å². The summed E-state index contributed by atoms with van der Waals surface area (Å²) in [4.78, 5) is 2.30. The summed E-state index contributed by atoms with van der Waals surface area (Å²) >= 11 is 0. The molecule has 1 unspecified atom stereocenters. The lowest BCUT2D eigenvalue weighted by molar-refractivity contribution is 0.450. The molecule has 1 nitrogen and oxygen atoms in total. The van der Waals surface area contributed by atoms with Crippen molar-refractivity contribution in [2.24, 2.45) is 5.92 Å². The molecule has 158 valence electrons. The Morgan fingerprint density at radius 2 is 1.72 bits per heavy atom. The van der Waals surface area contributed by atoms with Gasteiger partial charge in [-0.2, -0.15) is 0 Å². The van der Waals surface area contributed by atoms with Crippen LogP contribution in [0, 0.1) is 5.92 Å². The Morgan fingerprint density at radius 1 is 1.03 bits per heavy atom. The molecule has 0 aliphatic heterocycles. The Balaban J connectivity index is 5.70. The second kappa shape index (κ2) is 17.6. The van der Waals surface area contributed by atoms with Crippen LogP contribution in [0.3, 0.4) is 0 Å². The molecule has 0 aromatic rings. The van der Waals surface area contributed by atoms with E-state index in [1.165, 1.54) is 16.8 Å². The molecular formula is C28H41N. The fraction of sp³-hybridized carbons (Fsp3) is 0.357. The Kier molecular flexibility index (Phi) is 16.0. The van der Waals surface area contributed by atoms with Gasteiger partial charge in [-0.3, -0.25) is 0 Å². The molecule has 0 saturated heterocycles. The minimum Gasteiger partial charge on any atom is -0.375 e. The molecule has 0 rings (SSSR count). The van der Waals surface area contributed by atoms with Crippen molar-refractivity contribution in [3.63, 3.8) is 0 Å². The van der Waals surface area contributed by atoms with Crippen molar-refractivity contribution in [2.75, 3.05) is 13.6 Å². The summed E-state index contributed by atoms with van der Waals surface area (Å²) < 4.78 is 0. The molecule has 0 heterocycles. The molecule has 0 bridgehead atoms. The normalized spacial score (nSPS) is 15.1. The number of allylic oxidation sites excluding steroid dienone is 14. The van der Waals surface area contributed by atoms with Crippen LogP contribution in [-0.2, 0) is 0 Å². The van der Waals surface area contributed by atoms with E-state index in [0.29, 0.717) is 5.92 Å². The van der Waals surface area contributed by atoms with Crippen LogP contribution in [0.2, 0.25) is 0 Å². The molecule has 0 aromatic heterocycles. The largest absolute Gasteiger partial charge is 0.375 e. The first kappa shape index (κ1) is 26.5. The molecule has 1 heteroatoms. The molecule has 0 fully saturated rings. The summed E-state index contributed by atoms with van der Waals surface area (Å²) in [6.45, 7) is 17.1. The SMILES string of the molecule is C=CC/C=C/C=C(\C=C/C(C)C/C=C\C)C(=C/C/C=C/C=C(/C)C=C)/N(C)CC. The van der Waals surface area contributed by atoms with Crippen molar-refractivity contribution in [2.45, 2.75) is 47.0 Å². The lowest BCUT2D eigenvalue weighted by atomic mass is 10.0. The quantitative estimate of drug-likeness (QED) is 0.213. The van der Waals surface area contributed by atoms with Gasteiger partial charge in [0, 0.05) is 19.3 Å². The molecule has 1 atom stereocenters. The van der Waals surface area contributed by atoms with Gasteiger partial charge in [-0.15, -0.1) is 6.58 Å². The van der Waals surface area contributed by atoms with E-state index < -0.39 is 0 Å². The maximum absolute atomic E-state index is 3.79. The van der Waals surface area contributed by atoms with E-state index >= 15 is 0 Å². The van der Waals surface area contributed by atoms with E-state index in [9.17, 15) is 0 Å². The number of hydrogen-bond donors (Lipinski definition) is 0. The van der Waals surface area contributed by atoms with Crippen LogP contribution >= 0.6 is 0 Å². The highest BCUT2D eigenvalue weighted by Crippen LogP contribution is 2.19. The summed E-state index contributed by atoms with van der Waals surface area (Å²) in [5, 5.41) is 0. The highest BCUT2D eigenvalue weighted by molar-refractivity contribution is 5.41. The minimum absolute atomic E-state index is 0.506. The smallest absolute Gasteiger partial charge is 0.0399 e. The number of hydrogen-bond acceptors (Lipinski definition) is 1. The van der Waals surface area contributed by atoms with Gasteiger partial charge >= 0.3 is 0 Å². The first-order chi connectivity index (χ1) is 14.0. The van der Waals surface area contributed by atoms with Crippen LogP contribution < -0.4 is 0 Å². The van der Waals surface area contributed by atoms with Crippen LogP contribution in [0.4, 0.5) is 0 Å². The monoisotopic (exact) mass is 391 g/mol.